The minimum Gasteiger partial charge on any atom is -0.384 e. The van der Waals surface area contributed by atoms with Crippen molar-refractivity contribution in [2.75, 3.05) is 5.73 Å². The molecule has 0 amide bonds. The minimum atomic E-state index is 0.651. The highest BCUT2D eigenvalue weighted by atomic mass is 15.0. The molecule has 1 heterocycles. The topological polar surface area (TPSA) is 54.7 Å². The summed E-state index contributed by atoms with van der Waals surface area (Å²) in [6.07, 6.45) is 3.73. The third-order valence-corrected chi connectivity index (χ3v) is 1.13. The molecule has 3 nitrogen and oxygen atoms in total. The summed E-state index contributed by atoms with van der Waals surface area (Å²) in [5.41, 5.74) is 5.39. The Labute approximate surface area is 54.3 Å². The largest absolute Gasteiger partial charge is 0.384 e. The fraction of sp³-hybridized carbons (Fsp3) is 0.500. The van der Waals surface area contributed by atoms with Crippen molar-refractivity contribution < 1.29 is 0 Å². The van der Waals surface area contributed by atoms with E-state index in [0.29, 0.717) is 5.82 Å². The summed E-state index contributed by atoms with van der Waals surface area (Å²) in [7, 11) is 0. The summed E-state index contributed by atoms with van der Waals surface area (Å²) in [5, 5.41) is 0. The lowest BCUT2D eigenvalue weighted by atomic mass is 10.3. The van der Waals surface area contributed by atoms with Crippen LogP contribution in [0.25, 0.3) is 0 Å². The van der Waals surface area contributed by atoms with Crippen molar-refractivity contribution >= 4 is 5.82 Å². The number of rotatable bonds is 2. The summed E-state index contributed by atoms with van der Waals surface area (Å²) in [5.74, 6) is 1.63. The molecule has 0 aliphatic rings. The zero-order valence-corrected chi connectivity index (χ0v) is 5.52. The second kappa shape index (κ2) is 2.53. The lowest BCUT2D eigenvalue weighted by molar-refractivity contribution is 0.857. The van der Waals surface area contributed by atoms with Gasteiger partial charge in [-0.15, -0.1) is 0 Å². The van der Waals surface area contributed by atoms with E-state index in [4.69, 9.17) is 5.73 Å². The molecule has 0 atom stereocenters. The number of hydrogen-bond acceptors (Lipinski definition) is 2. The average molecular weight is 125 g/mol. The standard InChI is InChI=1S/C6H11N3/c1-2-3-6-8-4-5(7)9-6/h4H,2-3,7H2,1H3,(H,8,9). The Morgan fingerprint density at radius 1 is 1.78 bits per heavy atom. The molecule has 50 valence electrons. The molecule has 0 radical (unpaired) electrons. The number of aryl methyl sites for hydroxylation is 1. The van der Waals surface area contributed by atoms with E-state index in [1.54, 1.807) is 6.20 Å². The van der Waals surface area contributed by atoms with Crippen molar-refractivity contribution in [3.63, 3.8) is 0 Å². The Morgan fingerprint density at radius 2 is 2.56 bits per heavy atom. The zero-order valence-electron chi connectivity index (χ0n) is 5.52. The first-order chi connectivity index (χ1) is 4.33. The van der Waals surface area contributed by atoms with Crippen LogP contribution in [0.2, 0.25) is 0 Å². The molecule has 0 aliphatic heterocycles. The van der Waals surface area contributed by atoms with Gasteiger partial charge in [-0.3, -0.25) is 0 Å². The van der Waals surface area contributed by atoms with Crippen LogP contribution in [0.4, 0.5) is 5.82 Å². The Morgan fingerprint density at radius 3 is 3.00 bits per heavy atom. The molecule has 0 unspecified atom stereocenters. The molecule has 0 bridgehead atoms. The van der Waals surface area contributed by atoms with Gasteiger partial charge in [0.15, 0.2) is 0 Å². The third kappa shape index (κ3) is 1.45. The molecule has 0 saturated carbocycles. The first-order valence-corrected chi connectivity index (χ1v) is 3.12. The number of nitrogens with one attached hydrogen (secondary N) is 1. The average Bonchev–Trinajstić information content (AvgIpc) is 2.17. The van der Waals surface area contributed by atoms with Crippen LogP contribution in [0.3, 0.4) is 0 Å². The van der Waals surface area contributed by atoms with Gasteiger partial charge in [0.05, 0.1) is 6.20 Å². The van der Waals surface area contributed by atoms with E-state index in [9.17, 15) is 0 Å². The number of anilines is 1. The molecule has 0 saturated heterocycles. The highest BCUT2D eigenvalue weighted by Gasteiger charge is 1.92. The number of aromatic amines is 1. The van der Waals surface area contributed by atoms with Crippen molar-refractivity contribution in [1.82, 2.24) is 9.97 Å². The highest BCUT2D eigenvalue weighted by Crippen LogP contribution is 1.99. The number of nitrogens with zero attached hydrogens (tertiary/aromatic N) is 1. The first kappa shape index (κ1) is 6.13. The number of nitrogen functional groups attached to an aromatic ring is 1. The van der Waals surface area contributed by atoms with E-state index < -0.39 is 0 Å². The van der Waals surface area contributed by atoms with Gasteiger partial charge in [-0.05, 0) is 6.42 Å². The van der Waals surface area contributed by atoms with Crippen LogP contribution in [0.5, 0.6) is 0 Å². The smallest absolute Gasteiger partial charge is 0.120 e. The maximum absolute atomic E-state index is 5.39. The Kier molecular flexibility index (Phi) is 1.72. The molecule has 3 N–H and O–H groups in total. The summed E-state index contributed by atoms with van der Waals surface area (Å²) in [6.45, 7) is 2.11. The molecule has 0 spiro atoms. The van der Waals surface area contributed by atoms with Crippen LogP contribution in [0.15, 0.2) is 6.20 Å². The Hall–Kier alpha value is -0.990. The molecular formula is C6H11N3. The number of nitrogens with two attached hydrogens (primary N) is 1. The molecule has 1 rings (SSSR count). The van der Waals surface area contributed by atoms with Gasteiger partial charge in [0.25, 0.3) is 0 Å². The van der Waals surface area contributed by atoms with Crippen LogP contribution >= 0.6 is 0 Å². The van der Waals surface area contributed by atoms with Gasteiger partial charge in [0.1, 0.15) is 11.6 Å². The van der Waals surface area contributed by atoms with Crippen molar-refractivity contribution in [2.24, 2.45) is 0 Å². The normalized spacial score (nSPS) is 9.89. The van der Waals surface area contributed by atoms with E-state index in [1.807, 2.05) is 0 Å². The molecule has 0 aromatic carbocycles. The van der Waals surface area contributed by atoms with Crippen LogP contribution in [0.1, 0.15) is 19.2 Å². The summed E-state index contributed by atoms with van der Waals surface area (Å²) in [6, 6.07) is 0. The lowest BCUT2D eigenvalue weighted by Gasteiger charge is -1.87. The van der Waals surface area contributed by atoms with Crippen LogP contribution in [-0.2, 0) is 6.42 Å². The fourth-order valence-electron chi connectivity index (χ4n) is 0.742. The zero-order chi connectivity index (χ0) is 6.69. The number of hydrogen-bond donors (Lipinski definition) is 2. The van der Waals surface area contributed by atoms with Gasteiger partial charge in [0.2, 0.25) is 0 Å². The maximum Gasteiger partial charge on any atom is 0.120 e. The van der Waals surface area contributed by atoms with Crippen molar-refractivity contribution in [2.45, 2.75) is 19.8 Å². The number of H-pyrrole nitrogens is 1. The lowest BCUT2D eigenvalue weighted by Crippen LogP contribution is -1.87. The molecule has 9 heavy (non-hydrogen) atoms. The second-order valence-electron chi connectivity index (χ2n) is 2.04. The molecule has 1 aromatic heterocycles. The molecule has 1 aromatic rings. The van der Waals surface area contributed by atoms with E-state index >= 15 is 0 Å². The van der Waals surface area contributed by atoms with Gasteiger partial charge in [-0.1, -0.05) is 6.92 Å². The predicted molar refractivity (Wildman–Crippen MR) is 37.0 cm³/mol. The number of aromatic nitrogens is 2. The van der Waals surface area contributed by atoms with E-state index in [-0.39, 0.29) is 0 Å². The highest BCUT2D eigenvalue weighted by molar-refractivity contribution is 5.24. The SMILES string of the molecule is CCCc1ncc(N)[nH]1. The summed E-state index contributed by atoms with van der Waals surface area (Å²) >= 11 is 0. The van der Waals surface area contributed by atoms with Gasteiger partial charge < -0.3 is 10.7 Å². The fourth-order valence-corrected chi connectivity index (χ4v) is 0.742. The van der Waals surface area contributed by atoms with Gasteiger partial charge in [-0.2, -0.15) is 0 Å². The molecule has 3 heteroatoms. The second-order valence-corrected chi connectivity index (χ2v) is 2.04. The van der Waals surface area contributed by atoms with Crippen LogP contribution < -0.4 is 5.73 Å². The third-order valence-electron chi connectivity index (χ3n) is 1.13. The van der Waals surface area contributed by atoms with Crippen LogP contribution in [-0.4, -0.2) is 9.97 Å². The minimum absolute atomic E-state index is 0.651. The van der Waals surface area contributed by atoms with Gasteiger partial charge in [-0.25, -0.2) is 4.98 Å². The quantitative estimate of drug-likeness (QED) is 0.618. The summed E-state index contributed by atoms with van der Waals surface area (Å²) < 4.78 is 0. The van der Waals surface area contributed by atoms with Crippen molar-refractivity contribution in [3.8, 4) is 0 Å². The van der Waals surface area contributed by atoms with Crippen molar-refractivity contribution in [1.29, 1.82) is 0 Å². The molecular weight excluding hydrogens is 114 g/mol. The van der Waals surface area contributed by atoms with Gasteiger partial charge >= 0.3 is 0 Å². The molecule has 0 fully saturated rings. The van der Waals surface area contributed by atoms with Crippen LogP contribution in [0, 0.1) is 0 Å². The number of imidazole rings is 1. The van der Waals surface area contributed by atoms with E-state index in [1.165, 1.54) is 0 Å². The molecule has 0 aliphatic carbocycles. The van der Waals surface area contributed by atoms with Gasteiger partial charge in [0, 0.05) is 6.42 Å². The van der Waals surface area contributed by atoms with E-state index in [0.717, 1.165) is 18.7 Å². The van der Waals surface area contributed by atoms with Crippen molar-refractivity contribution in [3.05, 3.63) is 12.0 Å². The first-order valence-electron chi connectivity index (χ1n) is 3.12. The summed E-state index contributed by atoms with van der Waals surface area (Å²) in [4.78, 5) is 6.97. The Balaban J connectivity index is 2.61. The Bertz CT molecular complexity index is 180. The maximum atomic E-state index is 5.39. The monoisotopic (exact) mass is 125 g/mol. The van der Waals surface area contributed by atoms with E-state index in [2.05, 4.69) is 16.9 Å². The predicted octanol–water partition coefficient (Wildman–Crippen LogP) is 0.944.